The minimum atomic E-state index is -0.193. The van der Waals surface area contributed by atoms with Crippen LogP contribution in [-0.2, 0) is 16.0 Å². The monoisotopic (exact) mass is 235 g/mol. The van der Waals surface area contributed by atoms with Crippen molar-refractivity contribution in [3.63, 3.8) is 0 Å². The third kappa shape index (κ3) is 4.19. The Hall–Kier alpha value is -1.35. The fourth-order valence-corrected chi connectivity index (χ4v) is 1.84. The zero-order valence-electron chi connectivity index (χ0n) is 10.8. The molecule has 0 aromatic heterocycles. The van der Waals surface area contributed by atoms with Crippen molar-refractivity contribution in [2.24, 2.45) is 0 Å². The summed E-state index contributed by atoms with van der Waals surface area (Å²) in [5.41, 5.74) is 2.46. The van der Waals surface area contributed by atoms with E-state index in [-0.39, 0.29) is 12.0 Å². The molecule has 1 aromatic carbocycles. The standard InChI is InChI=1S/C14H21NO2/c1-4-5-11-6-8-12(9-7-11)13(15-2)10-14(16)17-3/h6-9,13,15H,4-5,10H2,1-3H3. The van der Waals surface area contributed by atoms with E-state index >= 15 is 0 Å². The zero-order chi connectivity index (χ0) is 12.7. The molecule has 0 aliphatic carbocycles. The quantitative estimate of drug-likeness (QED) is 0.770. The Balaban J connectivity index is 2.71. The summed E-state index contributed by atoms with van der Waals surface area (Å²) in [5.74, 6) is -0.193. The molecule has 1 unspecified atom stereocenters. The zero-order valence-corrected chi connectivity index (χ0v) is 10.8. The largest absolute Gasteiger partial charge is 0.469 e. The molecule has 0 saturated carbocycles. The lowest BCUT2D eigenvalue weighted by molar-refractivity contribution is -0.141. The first-order valence-corrected chi connectivity index (χ1v) is 6.04. The number of hydrogen-bond donors (Lipinski definition) is 1. The molecule has 3 heteroatoms. The van der Waals surface area contributed by atoms with E-state index in [1.807, 2.05) is 7.05 Å². The maximum absolute atomic E-state index is 11.3. The van der Waals surface area contributed by atoms with Crippen LogP contribution >= 0.6 is 0 Å². The Labute approximate surface area is 103 Å². The van der Waals surface area contributed by atoms with Crippen molar-refractivity contribution in [2.75, 3.05) is 14.2 Å². The van der Waals surface area contributed by atoms with Gasteiger partial charge in [-0.15, -0.1) is 0 Å². The number of esters is 1. The molecule has 17 heavy (non-hydrogen) atoms. The highest BCUT2D eigenvalue weighted by molar-refractivity contribution is 5.70. The van der Waals surface area contributed by atoms with Crippen LogP contribution in [0.3, 0.4) is 0 Å². The van der Waals surface area contributed by atoms with E-state index < -0.39 is 0 Å². The van der Waals surface area contributed by atoms with Gasteiger partial charge in [0.25, 0.3) is 0 Å². The second-order valence-corrected chi connectivity index (χ2v) is 4.11. The number of ether oxygens (including phenoxy) is 1. The summed E-state index contributed by atoms with van der Waals surface area (Å²) in [7, 11) is 3.27. The molecule has 0 radical (unpaired) electrons. The van der Waals surface area contributed by atoms with E-state index in [0.717, 1.165) is 18.4 Å². The smallest absolute Gasteiger partial charge is 0.307 e. The van der Waals surface area contributed by atoms with Gasteiger partial charge in [0, 0.05) is 6.04 Å². The van der Waals surface area contributed by atoms with E-state index in [9.17, 15) is 4.79 Å². The van der Waals surface area contributed by atoms with Crippen molar-refractivity contribution in [2.45, 2.75) is 32.2 Å². The van der Waals surface area contributed by atoms with Gasteiger partial charge in [0.2, 0.25) is 0 Å². The molecule has 1 atom stereocenters. The predicted octanol–water partition coefficient (Wildman–Crippen LogP) is 2.46. The van der Waals surface area contributed by atoms with Crippen molar-refractivity contribution < 1.29 is 9.53 Å². The summed E-state index contributed by atoms with van der Waals surface area (Å²) < 4.78 is 4.69. The molecule has 3 nitrogen and oxygen atoms in total. The molecule has 1 rings (SSSR count). The molecule has 0 aliphatic rings. The second kappa shape index (κ2) is 7.07. The van der Waals surface area contributed by atoms with Gasteiger partial charge in [-0.05, 0) is 24.6 Å². The molecule has 1 aromatic rings. The highest BCUT2D eigenvalue weighted by atomic mass is 16.5. The van der Waals surface area contributed by atoms with Crippen LogP contribution in [-0.4, -0.2) is 20.1 Å². The second-order valence-electron chi connectivity index (χ2n) is 4.11. The maximum atomic E-state index is 11.3. The van der Waals surface area contributed by atoms with Gasteiger partial charge in [-0.25, -0.2) is 0 Å². The number of rotatable bonds is 6. The van der Waals surface area contributed by atoms with Crippen LogP contribution in [0.15, 0.2) is 24.3 Å². The molecule has 0 saturated heterocycles. The molecule has 0 amide bonds. The van der Waals surface area contributed by atoms with Crippen LogP contribution in [0.4, 0.5) is 0 Å². The van der Waals surface area contributed by atoms with Gasteiger partial charge >= 0.3 is 5.97 Å². The molecule has 1 N–H and O–H groups in total. The van der Waals surface area contributed by atoms with Gasteiger partial charge in [-0.3, -0.25) is 4.79 Å². The SMILES string of the molecule is CCCc1ccc(C(CC(=O)OC)NC)cc1. The average Bonchev–Trinajstić information content (AvgIpc) is 2.37. The van der Waals surface area contributed by atoms with E-state index in [1.165, 1.54) is 12.7 Å². The van der Waals surface area contributed by atoms with E-state index in [4.69, 9.17) is 0 Å². The Kier molecular flexibility index (Phi) is 5.70. The summed E-state index contributed by atoms with van der Waals surface area (Å²) >= 11 is 0. The van der Waals surface area contributed by atoms with Crippen molar-refractivity contribution in [1.82, 2.24) is 5.32 Å². The maximum Gasteiger partial charge on any atom is 0.307 e. The highest BCUT2D eigenvalue weighted by Gasteiger charge is 2.14. The lowest BCUT2D eigenvalue weighted by Gasteiger charge is -2.15. The first kappa shape index (κ1) is 13.7. The molecule has 0 bridgehead atoms. The summed E-state index contributed by atoms with van der Waals surface area (Å²) in [4.78, 5) is 11.3. The summed E-state index contributed by atoms with van der Waals surface area (Å²) in [6.45, 7) is 2.17. The third-order valence-corrected chi connectivity index (χ3v) is 2.87. The average molecular weight is 235 g/mol. The third-order valence-electron chi connectivity index (χ3n) is 2.87. The van der Waals surface area contributed by atoms with Gasteiger partial charge in [-0.1, -0.05) is 37.6 Å². The van der Waals surface area contributed by atoms with E-state index in [0.29, 0.717) is 6.42 Å². The van der Waals surface area contributed by atoms with Crippen molar-refractivity contribution in [3.8, 4) is 0 Å². The number of methoxy groups -OCH3 is 1. The lowest BCUT2D eigenvalue weighted by Crippen LogP contribution is -2.20. The molecule has 94 valence electrons. The van der Waals surface area contributed by atoms with Crippen LogP contribution in [0.1, 0.15) is 36.9 Å². The van der Waals surface area contributed by atoms with Gasteiger partial charge in [-0.2, -0.15) is 0 Å². The Bertz CT molecular complexity index is 346. The summed E-state index contributed by atoms with van der Waals surface area (Å²) in [5, 5.41) is 3.13. The number of hydrogen-bond acceptors (Lipinski definition) is 3. The van der Waals surface area contributed by atoms with Gasteiger partial charge < -0.3 is 10.1 Å². The molecule has 0 heterocycles. The predicted molar refractivity (Wildman–Crippen MR) is 68.9 cm³/mol. The highest BCUT2D eigenvalue weighted by Crippen LogP contribution is 2.18. The Morgan fingerprint density at radius 2 is 2.00 bits per heavy atom. The van der Waals surface area contributed by atoms with Crippen molar-refractivity contribution in [3.05, 3.63) is 35.4 Å². The topological polar surface area (TPSA) is 38.3 Å². The molecule has 0 aliphatic heterocycles. The van der Waals surface area contributed by atoms with Crippen LogP contribution in [0.2, 0.25) is 0 Å². The van der Waals surface area contributed by atoms with Crippen LogP contribution in [0.25, 0.3) is 0 Å². The first-order chi connectivity index (χ1) is 8.21. The van der Waals surface area contributed by atoms with Crippen LogP contribution in [0.5, 0.6) is 0 Å². The number of carbonyl (C=O) groups excluding carboxylic acids is 1. The summed E-state index contributed by atoms with van der Waals surface area (Å²) in [6.07, 6.45) is 2.61. The van der Waals surface area contributed by atoms with E-state index in [2.05, 4.69) is 41.2 Å². The molecule has 0 fully saturated rings. The normalized spacial score (nSPS) is 12.2. The fourth-order valence-electron chi connectivity index (χ4n) is 1.84. The number of carbonyl (C=O) groups is 1. The summed E-state index contributed by atoms with van der Waals surface area (Å²) in [6, 6.07) is 8.43. The van der Waals surface area contributed by atoms with Crippen LogP contribution < -0.4 is 5.32 Å². The molecule has 0 spiro atoms. The van der Waals surface area contributed by atoms with Crippen LogP contribution in [0, 0.1) is 0 Å². The van der Waals surface area contributed by atoms with Crippen molar-refractivity contribution in [1.29, 1.82) is 0 Å². The molecular formula is C14H21NO2. The first-order valence-electron chi connectivity index (χ1n) is 6.04. The van der Waals surface area contributed by atoms with Gasteiger partial charge in [0.1, 0.15) is 0 Å². The Morgan fingerprint density at radius 3 is 2.47 bits per heavy atom. The fraction of sp³-hybridized carbons (Fsp3) is 0.500. The minimum absolute atomic E-state index is 0.0260. The Morgan fingerprint density at radius 1 is 1.35 bits per heavy atom. The van der Waals surface area contributed by atoms with Gasteiger partial charge in [0.15, 0.2) is 0 Å². The number of nitrogens with one attached hydrogen (secondary N) is 1. The minimum Gasteiger partial charge on any atom is -0.469 e. The van der Waals surface area contributed by atoms with Gasteiger partial charge in [0.05, 0.1) is 13.5 Å². The van der Waals surface area contributed by atoms with Crippen molar-refractivity contribution >= 4 is 5.97 Å². The molecular weight excluding hydrogens is 214 g/mol. The van der Waals surface area contributed by atoms with E-state index in [1.54, 1.807) is 0 Å². The number of aryl methyl sites for hydroxylation is 1. The number of benzene rings is 1. The lowest BCUT2D eigenvalue weighted by atomic mass is 10.0.